The van der Waals surface area contributed by atoms with Gasteiger partial charge in [0.2, 0.25) is 0 Å². The van der Waals surface area contributed by atoms with Crippen molar-refractivity contribution >= 4 is 28.9 Å². The van der Waals surface area contributed by atoms with Gasteiger partial charge in [0.1, 0.15) is 0 Å². The van der Waals surface area contributed by atoms with E-state index in [4.69, 9.17) is 17.3 Å². The number of benzene rings is 1. The molecule has 0 saturated heterocycles. The van der Waals surface area contributed by atoms with E-state index >= 15 is 0 Å². The van der Waals surface area contributed by atoms with Gasteiger partial charge in [0.05, 0.1) is 22.6 Å². The molecule has 0 aliphatic carbocycles. The number of hydrogen-bond donors (Lipinski definition) is 2. The maximum atomic E-state index is 12.2. The summed E-state index contributed by atoms with van der Waals surface area (Å²) in [6.07, 6.45) is 0. The predicted octanol–water partition coefficient (Wildman–Crippen LogP) is 3.19. The van der Waals surface area contributed by atoms with Gasteiger partial charge in [-0.2, -0.15) is 0 Å². The zero-order valence-electron chi connectivity index (χ0n) is 10.7. The smallest absolute Gasteiger partial charge is 0.257 e. The minimum Gasteiger partial charge on any atom is -0.397 e. The van der Waals surface area contributed by atoms with Crippen LogP contribution in [0.25, 0.3) is 0 Å². The van der Waals surface area contributed by atoms with E-state index in [0.29, 0.717) is 27.7 Å². The Balaban J connectivity index is 2.28. The highest BCUT2D eigenvalue weighted by Crippen LogP contribution is 2.23. The summed E-state index contributed by atoms with van der Waals surface area (Å²) >= 11 is 5.88. The normalized spacial score (nSPS) is 10.3. The fraction of sp³-hybridized carbons (Fsp3) is 0.143. The van der Waals surface area contributed by atoms with Crippen LogP contribution in [0, 0.1) is 13.8 Å². The second kappa shape index (κ2) is 5.28. The number of anilines is 2. The Hall–Kier alpha value is -2.07. The Morgan fingerprint density at radius 1 is 1.26 bits per heavy atom. The van der Waals surface area contributed by atoms with Gasteiger partial charge < -0.3 is 11.1 Å². The first-order chi connectivity index (χ1) is 8.97. The molecule has 0 aliphatic heterocycles. The molecule has 2 rings (SSSR count). The fourth-order valence-electron chi connectivity index (χ4n) is 1.75. The molecule has 1 amide bonds. The van der Waals surface area contributed by atoms with Crippen LogP contribution in [0.2, 0.25) is 5.02 Å². The van der Waals surface area contributed by atoms with Crippen molar-refractivity contribution in [3.8, 4) is 0 Å². The van der Waals surface area contributed by atoms with Gasteiger partial charge in [0.25, 0.3) is 5.91 Å². The maximum absolute atomic E-state index is 12.2. The number of nitrogens with one attached hydrogen (secondary N) is 1. The molecule has 98 valence electrons. The molecule has 0 bridgehead atoms. The predicted molar refractivity (Wildman–Crippen MR) is 77.5 cm³/mol. The summed E-state index contributed by atoms with van der Waals surface area (Å²) in [4.78, 5) is 16.4. The molecule has 1 aromatic carbocycles. The number of amides is 1. The van der Waals surface area contributed by atoms with E-state index in [0.717, 1.165) is 5.69 Å². The first-order valence-corrected chi connectivity index (χ1v) is 6.16. The number of aryl methyl sites for hydroxylation is 2. The molecule has 4 nitrogen and oxygen atoms in total. The summed E-state index contributed by atoms with van der Waals surface area (Å²) in [6.45, 7) is 3.67. The molecule has 0 unspecified atom stereocenters. The van der Waals surface area contributed by atoms with Gasteiger partial charge in [-0.25, -0.2) is 0 Å². The third-order valence-electron chi connectivity index (χ3n) is 2.73. The molecule has 0 saturated carbocycles. The Labute approximate surface area is 116 Å². The van der Waals surface area contributed by atoms with Gasteiger partial charge in [-0.05, 0) is 44.2 Å². The van der Waals surface area contributed by atoms with Gasteiger partial charge in [0.15, 0.2) is 0 Å². The standard InChI is InChI=1S/C14H14ClN3O/c1-8-3-5-11(9(2)17-8)14(19)18-13-7-10(15)4-6-12(13)16/h3-7H,16H2,1-2H3,(H,18,19). The van der Waals surface area contributed by atoms with Gasteiger partial charge in [-0.15, -0.1) is 0 Å². The molecular formula is C14H14ClN3O. The number of nitrogen functional groups attached to an aromatic ring is 1. The number of carbonyl (C=O) groups is 1. The lowest BCUT2D eigenvalue weighted by Crippen LogP contribution is -2.15. The average Bonchev–Trinajstić information content (AvgIpc) is 2.33. The fourth-order valence-corrected chi connectivity index (χ4v) is 1.93. The molecule has 1 heterocycles. The van der Waals surface area contributed by atoms with E-state index in [2.05, 4.69) is 10.3 Å². The third-order valence-corrected chi connectivity index (χ3v) is 2.97. The average molecular weight is 276 g/mol. The van der Waals surface area contributed by atoms with Crippen LogP contribution in [0.1, 0.15) is 21.7 Å². The molecule has 0 atom stereocenters. The van der Waals surface area contributed by atoms with Gasteiger partial charge in [-0.3, -0.25) is 9.78 Å². The number of hydrogen-bond acceptors (Lipinski definition) is 3. The lowest BCUT2D eigenvalue weighted by atomic mass is 10.1. The minimum atomic E-state index is -0.251. The van der Waals surface area contributed by atoms with Crippen molar-refractivity contribution < 1.29 is 4.79 Å². The number of rotatable bonds is 2. The summed E-state index contributed by atoms with van der Waals surface area (Å²) in [5.41, 5.74) is 8.82. The van der Waals surface area contributed by atoms with Crippen LogP contribution < -0.4 is 11.1 Å². The Morgan fingerprint density at radius 3 is 2.68 bits per heavy atom. The zero-order chi connectivity index (χ0) is 14.0. The Kier molecular flexibility index (Phi) is 3.71. The summed E-state index contributed by atoms with van der Waals surface area (Å²) in [5, 5.41) is 3.26. The number of aromatic nitrogens is 1. The third kappa shape index (κ3) is 3.03. The van der Waals surface area contributed by atoms with Crippen LogP contribution in [-0.2, 0) is 0 Å². The van der Waals surface area contributed by atoms with Crippen LogP contribution in [0.15, 0.2) is 30.3 Å². The molecule has 0 fully saturated rings. The number of pyridine rings is 1. The number of nitrogens with two attached hydrogens (primary N) is 1. The van der Waals surface area contributed by atoms with Crippen LogP contribution in [-0.4, -0.2) is 10.9 Å². The maximum Gasteiger partial charge on any atom is 0.257 e. The summed E-state index contributed by atoms with van der Waals surface area (Å²) in [5.74, 6) is -0.251. The molecule has 0 radical (unpaired) electrons. The lowest BCUT2D eigenvalue weighted by Gasteiger charge is -2.10. The highest BCUT2D eigenvalue weighted by molar-refractivity contribution is 6.31. The van der Waals surface area contributed by atoms with E-state index in [1.807, 2.05) is 6.92 Å². The second-order valence-corrected chi connectivity index (χ2v) is 4.71. The quantitative estimate of drug-likeness (QED) is 0.827. The first kappa shape index (κ1) is 13.4. The van der Waals surface area contributed by atoms with E-state index in [9.17, 15) is 4.79 Å². The van der Waals surface area contributed by atoms with Gasteiger partial charge in [0, 0.05) is 10.7 Å². The van der Waals surface area contributed by atoms with E-state index in [1.165, 1.54) is 0 Å². The van der Waals surface area contributed by atoms with Crippen LogP contribution in [0.4, 0.5) is 11.4 Å². The highest BCUT2D eigenvalue weighted by Gasteiger charge is 2.12. The first-order valence-electron chi connectivity index (χ1n) is 5.78. The topological polar surface area (TPSA) is 68.0 Å². The number of nitrogens with zero attached hydrogens (tertiary/aromatic N) is 1. The van der Waals surface area contributed by atoms with Gasteiger partial charge in [-0.1, -0.05) is 11.6 Å². The molecular weight excluding hydrogens is 262 g/mol. The molecule has 2 aromatic rings. The van der Waals surface area contributed by atoms with E-state index in [1.54, 1.807) is 37.3 Å². The van der Waals surface area contributed by atoms with Crippen LogP contribution in [0.5, 0.6) is 0 Å². The molecule has 19 heavy (non-hydrogen) atoms. The molecule has 5 heteroatoms. The number of halogens is 1. The van der Waals surface area contributed by atoms with E-state index < -0.39 is 0 Å². The molecule has 1 aromatic heterocycles. The molecule has 0 spiro atoms. The Morgan fingerprint density at radius 2 is 2.00 bits per heavy atom. The van der Waals surface area contributed by atoms with Crippen molar-refractivity contribution in [2.24, 2.45) is 0 Å². The second-order valence-electron chi connectivity index (χ2n) is 4.27. The largest absolute Gasteiger partial charge is 0.397 e. The summed E-state index contributed by atoms with van der Waals surface area (Å²) < 4.78 is 0. The zero-order valence-corrected chi connectivity index (χ0v) is 11.5. The van der Waals surface area contributed by atoms with Crippen molar-refractivity contribution in [3.63, 3.8) is 0 Å². The molecule has 0 aliphatic rings. The van der Waals surface area contributed by atoms with E-state index in [-0.39, 0.29) is 5.91 Å². The van der Waals surface area contributed by atoms with Crippen molar-refractivity contribution in [2.75, 3.05) is 11.1 Å². The summed E-state index contributed by atoms with van der Waals surface area (Å²) in [6, 6.07) is 8.48. The number of carbonyl (C=O) groups excluding carboxylic acids is 1. The van der Waals surface area contributed by atoms with Crippen molar-refractivity contribution in [2.45, 2.75) is 13.8 Å². The van der Waals surface area contributed by atoms with Crippen molar-refractivity contribution in [3.05, 3.63) is 52.3 Å². The Bertz CT molecular complexity index is 641. The molecule has 3 N–H and O–H groups in total. The lowest BCUT2D eigenvalue weighted by molar-refractivity contribution is 0.102. The van der Waals surface area contributed by atoms with Crippen LogP contribution in [0.3, 0.4) is 0 Å². The van der Waals surface area contributed by atoms with Crippen LogP contribution >= 0.6 is 11.6 Å². The van der Waals surface area contributed by atoms with Crippen molar-refractivity contribution in [1.82, 2.24) is 4.98 Å². The minimum absolute atomic E-state index is 0.251. The van der Waals surface area contributed by atoms with Crippen molar-refractivity contribution in [1.29, 1.82) is 0 Å². The SMILES string of the molecule is Cc1ccc(C(=O)Nc2cc(Cl)ccc2N)c(C)n1. The highest BCUT2D eigenvalue weighted by atomic mass is 35.5. The summed E-state index contributed by atoms with van der Waals surface area (Å²) in [7, 11) is 0. The van der Waals surface area contributed by atoms with Gasteiger partial charge >= 0.3 is 0 Å². The monoisotopic (exact) mass is 275 g/mol.